The van der Waals surface area contributed by atoms with E-state index in [-0.39, 0.29) is 0 Å². The summed E-state index contributed by atoms with van der Waals surface area (Å²) < 4.78 is 0. The van der Waals surface area contributed by atoms with E-state index in [0.717, 1.165) is 12.2 Å². The van der Waals surface area contributed by atoms with Gasteiger partial charge in [0.25, 0.3) is 0 Å². The van der Waals surface area contributed by atoms with E-state index in [1.807, 2.05) is 6.20 Å². The molecule has 88 valence electrons. The van der Waals surface area contributed by atoms with Crippen molar-refractivity contribution in [2.24, 2.45) is 0 Å². The van der Waals surface area contributed by atoms with Crippen LogP contribution in [0.5, 0.6) is 0 Å². The number of hydrogen-bond acceptors (Lipinski definition) is 1. The van der Waals surface area contributed by atoms with Crippen molar-refractivity contribution < 1.29 is 0 Å². The summed E-state index contributed by atoms with van der Waals surface area (Å²) in [5.41, 5.74) is 5.60. The molecule has 0 aliphatic heterocycles. The molecule has 0 saturated heterocycles. The minimum absolute atomic E-state index is 0.967. The van der Waals surface area contributed by atoms with Crippen molar-refractivity contribution >= 4 is 0 Å². The van der Waals surface area contributed by atoms with E-state index in [4.69, 9.17) is 0 Å². The van der Waals surface area contributed by atoms with Crippen LogP contribution in [-0.2, 0) is 19.3 Å². The molecule has 2 nitrogen and oxygen atoms in total. The molecule has 0 amide bonds. The van der Waals surface area contributed by atoms with Crippen LogP contribution in [0, 0.1) is 0 Å². The van der Waals surface area contributed by atoms with Crippen molar-refractivity contribution in [3.8, 4) is 11.3 Å². The van der Waals surface area contributed by atoms with E-state index >= 15 is 0 Å². The zero-order chi connectivity index (χ0) is 11.7. The lowest BCUT2D eigenvalue weighted by molar-refractivity contribution is 0.686. The summed E-state index contributed by atoms with van der Waals surface area (Å²) in [5, 5.41) is 0. The van der Waals surface area contributed by atoms with Crippen LogP contribution in [0.3, 0.4) is 0 Å². The summed E-state index contributed by atoms with van der Waals surface area (Å²) in [7, 11) is 0. The van der Waals surface area contributed by atoms with Gasteiger partial charge in [-0.05, 0) is 36.8 Å². The van der Waals surface area contributed by atoms with Gasteiger partial charge in [0.05, 0.1) is 11.9 Å². The van der Waals surface area contributed by atoms with Crippen molar-refractivity contribution in [1.82, 2.24) is 9.97 Å². The first-order valence-corrected chi connectivity index (χ1v) is 6.53. The topological polar surface area (TPSA) is 28.7 Å². The first kappa shape index (κ1) is 10.6. The molecule has 0 bridgehead atoms. The molecule has 0 spiro atoms. The molecule has 1 aliphatic rings. The first-order valence-electron chi connectivity index (χ1n) is 6.53. The minimum Gasteiger partial charge on any atom is -0.342 e. The van der Waals surface area contributed by atoms with Crippen molar-refractivity contribution in [2.75, 3.05) is 0 Å². The van der Waals surface area contributed by atoms with Gasteiger partial charge in [-0.1, -0.05) is 25.1 Å². The number of H-pyrrole nitrogens is 1. The van der Waals surface area contributed by atoms with Gasteiger partial charge >= 0.3 is 0 Å². The predicted octanol–water partition coefficient (Wildman–Crippen LogP) is 3.52. The second-order valence-electron chi connectivity index (χ2n) is 4.75. The van der Waals surface area contributed by atoms with E-state index in [0.29, 0.717) is 0 Å². The average molecular weight is 226 g/mol. The van der Waals surface area contributed by atoms with Crippen LogP contribution >= 0.6 is 0 Å². The normalized spacial score (nSPS) is 14.6. The number of hydrogen-bond donors (Lipinski definition) is 1. The average Bonchev–Trinajstić information content (AvgIpc) is 2.87. The number of benzene rings is 1. The van der Waals surface area contributed by atoms with Crippen LogP contribution < -0.4 is 0 Å². The molecule has 0 unspecified atom stereocenters. The Balaban J connectivity index is 2.07. The summed E-state index contributed by atoms with van der Waals surface area (Å²) >= 11 is 0. The third kappa shape index (κ3) is 1.88. The van der Waals surface area contributed by atoms with Crippen molar-refractivity contribution in [1.29, 1.82) is 0 Å². The molecule has 17 heavy (non-hydrogen) atoms. The Bertz CT molecular complexity index is 525. The summed E-state index contributed by atoms with van der Waals surface area (Å²) in [5.74, 6) is 1.08. The summed E-state index contributed by atoms with van der Waals surface area (Å²) in [6, 6.07) is 6.66. The van der Waals surface area contributed by atoms with Crippen LogP contribution in [0.2, 0.25) is 0 Å². The van der Waals surface area contributed by atoms with Gasteiger partial charge in [0.15, 0.2) is 0 Å². The Kier molecular flexibility index (Phi) is 2.71. The molecular weight excluding hydrogens is 208 g/mol. The second kappa shape index (κ2) is 4.36. The highest BCUT2D eigenvalue weighted by Crippen LogP contribution is 2.30. The van der Waals surface area contributed by atoms with Crippen molar-refractivity contribution in [3.05, 3.63) is 41.3 Å². The van der Waals surface area contributed by atoms with Crippen molar-refractivity contribution in [3.63, 3.8) is 0 Å². The van der Waals surface area contributed by atoms with E-state index in [9.17, 15) is 0 Å². The Morgan fingerprint density at radius 3 is 2.94 bits per heavy atom. The molecular formula is C15H18N2. The van der Waals surface area contributed by atoms with Crippen LogP contribution in [0.25, 0.3) is 11.3 Å². The fourth-order valence-corrected chi connectivity index (χ4v) is 2.71. The standard InChI is InChI=1S/C15H18N2/c1-2-15-16-10-14(17-15)13-9-5-7-11-6-3-4-8-12(11)13/h5,7,9-10H,2-4,6,8H2,1H3,(H,16,17). The second-order valence-corrected chi connectivity index (χ2v) is 4.75. The van der Waals surface area contributed by atoms with Gasteiger partial charge in [-0.2, -0.15) is 0 Å². The molecule has 0 radical (unpaired) electrons. The van der Waals surface area contributed by atoms with Gasteiger partial charge in [-0.25, -0.2) is 4.98 Å². The Labute approximate surface area is 102 Å². The van der Waals surface area contributed by atoms with Gasteiger partial charge in [-0.15, -0.1) is 0 Å². The number of fused-ring (bicyclic) bond motifs is 1. The van der Waals surface area contributed by atoms with Crippen LogP contribution in [-0.4, -0.2) is 9.97 Å². The van der Waals surface area contributed by atoms with Gasteiger partial charge in [-0.3, -0.25) is 0 Å². The van der Waals surface area contributed by atoms with Crippen molar-refractivity contribution in [2.45, 2.75) is 39.0 Å². The zero-order valence-corrected chi connectivity index (χ0v) is 10.3. The molecule has 1 aromatic carbocycles. The van der Waals surface area contributed by atoms with Crippen LogP contribution in [0.1, 0.15) is 36.7 Å². The molecule has 2 aromatic rings. The van der Waals surface area contributed by atoms with Crippen LogP contribution in [0.4, 0.5) is 0 Å². The number of aromatic nitrogens is 2. The lowest BCUT2D eigenvalue weighted by atomic mass is 9.87. The Hall–Kier alpha value is -1.57. The summed E-state index contributed by atoms with van der Waals surface area (Å²) in [6.07, 6.45) is 8.04. The van der Waals surface area contributed by atoms with Gasteiger partial charge in [0.2, 0.25) is 0 Å². The van der Waals surface area contributed by atoms with Gasteiger partial charge in [0, 0.05) is 12.0 Å². The fourth-order valence-electron chi connectivity index (χ4n) is 2.71. The molecule has 1 aromatic heterocycles. The molecule has 2 heteroatoms. The maximum atomic E-state index is 4.40. The van der Waals surface area contributed by atoms with Crippen LogP contribution in [0.15, 0.2) is 24.4 Å². The molecule has 1 aliphatic carbocycles. The lowest BCUT2D eigenvalue weighted by Gasteiger charge is -2.18. The Morgan fingerprint density at radius 1 is 1.24 bits per heavy atom. The summed E-state index contributed by atoms with van der Waals surface area (Å²) in [4.78, 5) is 7.82. The van der Waals surface area contributed by atoms with E-state index in [1.165, 1.54) is 48.1 Å². The molecule has 0 fully saturated rings. The van der Waals surface area contributed by atoms with E-state index in [1.54, 1.807) is 0 Å². The highest BCUT2D eigenvalue weighted by atomic mass is 14.9. The first-order chi connectivity index (χ1) is 8.38. The number of imidazole rings is 1. The minimum atomic E-state index is 0.967. The lowest BCUT2D eigenvalue weighted by Crippen LogP contribution is -2.04. The largest absolute Gasteiger partial charge is 0.342 e. The third-order valence-corrected chi connectivity index (χ3v) is 3.65. The zero-order valence-electron chi connectivity index (χ0n) is 10.3. The molecule has 0 saturated carbocycles. The molecule has 3 rings (SSSR count). The number of aryl methyl sites for hydroxylation is 2. The Morgan fingerprint density at radius 2 is 2.12 bits per heavy atom. The number of rotatable bonds is 2. The van der Waals surface area contributed by atoms with E-state index < -0.39 is 0 Å². The molecule has 1 heterocycles. The number of nitrogens with zero attached hydrogens (tertiary/aromatic N) is 1. The smallest absolute Gasteiger partial charge is 0.106 e. The molecule has 1 N–H and O–H groups in total. The quantitative estimate of drug-likeness (QED) is 0.834. The maximum absolute atomic E-state index is 4.40. The fraction of sp³-hybridized carbons (Fsp3) is 0.400. The van der Waals surface area contributed by atoms with Gasteiger partial charge < -0.3 is 4.98 Å². The highest BCUT2D eigenvalue weighted by molar-refractivity contribution is 5.65. The number of aromatic amines is 1. The predicted molar refractivity (Wildman–Crippen MR) is 70.0 cm³/mol. The monoisotopic (exact) mass is 226 g/mol. The SMILES string of the molecule is CCc1ncc(-c2cccc3c2CCCC3)[nH]1. The van der Waals surface area contributed by atoms with E-state index in [2.05, 4.69) is 35.1 Å². The van der Waals surface area contributed by atoms with Gasteiger partial charge in [0.1, 0.15) is 5.82 Å². The third-order valence-electron chi connectivity index (χ3n) is 3.65. The molecule has 0 atom stereocenters. The number of nitrogens with one attached hydrogen (secondary N) is 1. The highest BCUT2D eigenvalue weighted by Gasteiger charge is 2.14. The summed E-state index contributed by atoms with van der Waals surface area (Å²) in [6.45, 7) is 2.13. The maximum Gasteiger partial charge on any atom is 0.106 e.